The Hall–Kier alpha value is -1.38. The van der Waals surface area contributed by atoms with E-state index in [4.69, 9.17) is 0 Å². The van der Waals surface area contributed by atoms with E-state index in [1.54, 1.807) is 16.7 Å². The number of rotatable bonds is 16. The predicted molar refractivity (Wildman–Crippen MR) is 117 cm³/mol. The van der Waals surface area contributed by atoms with Crippen LogP contribution < -0.4 is 0 Å². The Bertz CT molecular complexity index is 499. The van der Waals surface area contributed by atoms with Gasteiger partial charge >= 0.3 is 0 Å². The van der Waals surface area contributed by atoms with Gasteiger partial charge in [0.05, 0.1) is 6.04 Å². The molecule has 3 nitrogen and oxygen atoms in total. The predicted octanol–water partition coefficient (Wildman–Crippen LogP) is 7.89. The maximum Gasteiger partial charge on any atom is 0.194 e. The summed E-state index contributed by atoms with van der Waals surface area (Å²) in [5.41, 5.74) is 1.25. The second kappa shape index (κ2) is 14.6. The van der Waals surface area contributed by atoms with Crippen LogP contribution in [0.3, 0.4) is 0 Å². The van der Waals surface area contributed by atoms with Gasteiger partial charge in [-0.25, -0.2) is 0 Å². The Morgan fingerprint density at radius 3 is 1.81 bits per heavy atom. The second-order valence-corrected chi connectivity index (χ2v) is 8.00. The summed E-state index contributed by atoms with van der Waals surface area (Å²) in [7, 11) is 0. The van der Waals surface area contributed by atoms with E-state index in [1.165, 1.54) is 76.2 Å². The van der Waals surface area contributed by atoms with Gasteiger partial charge in [-0.3, -0.25) is 4.57 Å². The molecule has 0 amide bonds. The molecule has 1 rings (SSSR count). The number of hydrogen-bond acceptors (Lipinski definition) is 2. The maximum atomic E-state index is 10.2. The fourth-order valence-corrected chi connectivity index (χ4v) is 3.80. The van der Waals surface area contributed by atoms with E-state index in [2.05, 4.69) is 26.8 Å². The van der Waals surface area contributed by atoms with Crippen molar-refractivity contribution in [2.45, 2.75) is 117 Å². The summed E-state index contributed by atoms with van der Waals surface area (Å²) in [6, 6.07) is 3.23. The van der Waals surface area contributed by atoms with Gasteiger partial charge in [-0.2, -0.15) is 0 Å². The molecule has 0 aromatic carbocycles. The molecule has 3 heteroatoms. The van der Waals surface area contributed by atoms with Crippen molar-refractivity contribution < 1.29 is 10.2 Å². The maximum absolute atomic E-state index is 10.2. The zero-order valence-electron chi connectivity index (χ0n) is 18.1. The number of nitrogens with zero attached hydrogens (tertiary/aromatic N) is 1. The lowest BCUT2D eigenvalue weighted by molar-refractivity contribution is 0.336. The van der Waals surface area contributed by atoms with E-state index in [0.29, 0.717) is 0 Å². The van der Waals surface area contributed by atoms with Crippen LogP contribution in [-0.2, 0) is 0 Å². The third-order valence-corrected chi connectivity index (χ3v) is 5.57. The van der Waals surface area contributed by atoms with E-state index < -0.39 is 0 Å². The normalized spacial score (nSPS) is 13.2. The monoisotopic (exact) mass is 377 g/mol. The molecular formula is C24H43NO2. The number of allylic oxidation sites excluding steroid dienone is 2. The number of aromatic hydroxyl groups is 2. The van der Waals surface area contributed by atoms with Gasteiger partial charge in [-0.05, 0) is 19.8 Å². The van der Waals surface area contributed by atoms with Crippen LogP contribution in [0.25, 0.3) is 0 Å². The lowest BCUT2D eigenvalue weighted by Gasteiger charge is -2.22. The molecule has 156 valence electrons. The third-order valence-electron chi connectivity index (χ3n) is 5.57. The van der Waals surface area contributed by atoms with Gasteiger partial charge in [0.1, 0.15) is 0 Å². The Morgan fingerprint density at radius 1 is 0.815 bits per heavy atom. The highest BCUT2D eigenvalue weighted by Gasteiger charge is 2.18. The van der Waals surface area contributed by atoms with Gasteiger partial charge in [-0.1, -0.05) is 103 Å². The van der Waals surface area contributed by atoms with Gasteiger partial charge in [0.2, 0.25) is 0 Å². The van der Waals surface area contributed by atoms with E-state index >= 15 is 0 Å². The average molecular weight is 378 g/mol. The van der Waals surface area contributed by atoms with Crippen molar-refractivity contribution >= 4 is 0 Å². The average Bonchev–Trinajstić information content (AvgIpc) is 2.98. The number of hydrogen-bond donors (Lipinski definition) is 2. The summed E-state index contributed by atoms with van der Waals surface area (Å²) in [6.45, 7) is 6.60. The van der Waals surface area contributed by atoms with Crippen LogP contribution in [-0.4, -0.2) is 14.8 Å². The first-order chi connectivity index (χ1) is 13.1. The molecule has 2 N–H and O–H groups in total. The summed E-state index contributed by atoms with van der Waals surface area (Å²) in [5, 5.41) is 20.3. The smallest absolute Gasteiger partial charge is 0.194 e. The lowest BCUT2D eigenvalue weighted by Crippen LogP contribution is -2.10. The minimum Gasteiger partial charge on any atom is -0.494 e. The second-order valence-electron chi connectivity index (χ2n) is 8.00. The van der Waals surface area contributed by atoms with Gasteiger partial charge in [0.15, 0.2) is 11.8 Å². The molecule has 1 aromatic rings. The van der Waals surface area contributed by atoms with Gasteiger partial charge in [0.25, 0.3) is 0 Å². The minimum atomic E-state index is 0.0610. The molecule has 0 radical (unpaired) electrons. The van der Waals surface area contributed by atoms with Gasteiger partial charge in [-0.15, -0.1) is 0 Å². The van der Waals surface area contributed by atoms with E-state index in [1.807, 2.05) is 0 Å². The molecule has 0 aliphatic heterocycles. The van der Waals surface area contributed by atoms with Crippen molar-refractivity contribution in [3.05, 3.63) is 23.8 Å². The van der Waals surface area contributed by atoms with Crippen LogP contribution in [0.4, 0.5) is 0 Å². The summed E-state index contributed by atoms with van der Waals surface area (Å²) < 4.78 is 1.69. The standard InChI is InChI=1S/C24H43NO2/c1-4-6-8-9-10-11-12-13-14-16-18-22(21(3)17-15-7-5-2)25-23(26)19-20-24(25)27/h17,19-20,22,26-27H,4-16,18H2,1-3H3. The fraction of sp³-hybridized carbons (Fsp3) is 0.750. The van der Waals surface area contributed by atoms with Crippen molar-refractivity contribution in [3.63, 3.8) is 0 Å². The van der Waals surface area contributed by atoms with E-state index in [-0.39, 0.29) is 17.8 Å². The molecule has 1 aromatic heterocycles. The fourth-order valence-electron chi connectivity index (χ4n) is 3.80. The highest BCUT2D eigenvalue weighted by Crippen LogP contribution is 2.34. The van der Waals surface area contributed by atoms with Crippen LogP contribution >= 0.6 is 0 Å². The minimum absolute atomic E-state index is 0.0610. The molecule has 0 saturated carbocycles. The molecule has 0 bridgehead atoms. The summed E-state index contributed by atoms with van der Waals surface area (Å²) in [5.74, 6) is 0.320. The molecular weight excluding hydrogens is 334 g/mol. The molecule has 0 aliphatic rings. The van der Waals surface area contributed by atoms with Crippen LogP contribution in [0.5, 0.6) is 11.8 Å². The molecule has 0 spiro atoms. The van der Waals surface area contributed by atoms with E-state index in [0.717, 1.165) is 19.3 Å². The quantitative estimate of drug-likeness (QED) is 0.227. The molecule has 0 fully saturated rings. The van der Waals surface area contributed by atoms with Crippen LogP contribution in [0.1, 0.15) is 117 Å². The largest absolute Gasteiger partial charge is 0.494 e. The van der Waals surface area contributed by atoms with Crippen molar-refractivity contribution in [3.8, 4) is 11.8 Å². The Balaban J connectivity index is 2.41. The zero-order chi connectivity index (χ0) is 19.9. The Labute approximate surface area is 167 Å². The van der Waals surface area contributed by atoms with Crippen molar-refractivity contribution in [1.82, 2.24) is 4.57 Å². The zero-order valence-corrected chi connectivity index (χ0v) is 18.1. The van der Waals surface area contributed by atoms with E-state index in [9.17, 15) is 10.2 Å². The highest BCUT2D eigenvalue weighted by atomic mass is 16.3. The first-order valence-corrected chi connectivity index (χ1v) is 11.4. The topological polar surface area (TPSA) is 45.4 Å². The van der Waals surface area contributed by atoms with Crippen molar-refractivity contribution in [2.24, 2.45) is 0 Å². The first-order valence-electron chi connectivity index (χ1n) is 11.4. The van der Waals surface area contributed by atoms with Crippen LogP contribution in [0.15, 0.2) is 23.8 Å². The Kier molecular flexibility index (Phi) is 12.8. The van der Waals surface area contributed by atoms with Crippen LogP contribution in [0.2, 0.25) is 0 Å². The number of unbranched alkanes of at least 4 members (excludes halogenated alkanes) is 11. The summed E-state index contributed by atoms with van der Waals surface area (Å²) in [6.07, 6.45) is 19.9. The van der Waals surface area contributed by atoms with Crippen molar-refractivity contribution in [2.75, 3.05) is 0 Å². The molecule has 27 heavy (non-hydrogen) atoms. The van der Waals surface area contributed by atoms with Gasteiger partial charge in [0, 0.05) is 12.1 Å². The summed E-state index contributed by atoms with van der Waals surface area (Å²) >= 11 is 0. The first kappa shape index (κ1) is 23.7. The van der Waals surface area contributed by atoms with Crippen molar-refractivity contribution in [1.29, 1.82) is 0 Å². The summed E-state index contributed by atoms with van der Waals surface area (Å²) in [4.78, 5) is 0. The highest BCUT2D eigenvalue weighted by molar-refractivity contribution is 5.28. The lowest BCUT2D eigenvalue weighted by atomic mass is 9.98. The SMILES string of the molecule is CCCCC=C(C)C(CCCCCCCCCCCC)n1c(O)ccc1O. The third kappa shape index (κ3) is 9.39. The molecule has 1 unspecified atom stereocenters. The molecule has 1 atom stereocenters. The molecule has 1 heterocycles. The number of aromatic nitrogens is 1. The molecule has 0 aliphatic carbocycles. The van der Waals surface area contributed by atoms with Gasteiger partial charge < -0.3 is 10.2 Å². The Morgan fingerprint density at radius 2 is 1.30 bits per heavy atom. The molecule has 0 saturated heterocycles. The van der Waals surface area contributed by atoms with Crippen LogP contribution in [0, 0.1) is 0 Å².